The molecule has 1 saturated heterocycles. The summed E-state index contributed by atoms with van der Waals surface area (Å²) in [7, 11) is 0. The Morgan fingerprint density at radius 3 is 2.51 bits per heavy atom. The molecule has 1 fully saturated rings. The van der Waals surface area contributed by atoms with Crippen LogP contribution in [0, 0.1) is 6.92 Å². The van der Waals surface area contributed by atoms with Crippen molar-refractivity contribution in [1.82, 2.24) is 24.6 Å². The van der Waals surface area contributed by atoms with E-state index in [1.807, 2.05) is 36.1 Å². The number of halogens is 1. The smallest absolute Gasteiger partial charge is 0.260 e. The van der Waals surface area contributed by atoms with Gasteiger partial charge in [0.25, 0.3) is 5.91 Å². The van der Waals surface area contributed by atoms with Crippen LogP contribution in [0.5, 0.6) is 5.75 Å². The average Bonchev–Trinajstić information content (AvgIpc) is 3.41. The quantitative estimate of drug-likeness (QED) is 0.156. The van der Waals surface area contributed by atoms with Crippen molar-refractivity contribution in [2.45, 2.75) is 44.3 Å². The lowest BCUT2D eigenvalue weighted by Gasteiger charge is -2.39. The van der Waals surface area contributed by atoms with Crippen LogP contribution >= 0.6 is 23.4 Å². The van der Waals surface area contributed by atoms with Crippen LogP contribution in [0.15, 0.2) is 84.0 Å². The lowest BCUT2D eigenvalue weighted by atomic mass is 10.1. The van der Waals surface area contributed by atoms with Crippen molar-refractivity contribution < 1.29 is 14.3 Å². The molecule has 0 saturated carbocycles. The van der Waals surface area contributed by atoms with Crippen LogP contribution in [-0.4, -0.2) is 74.4 Å². The molecule has 43 heavy (non-hydrogen) atoms. The van der Waals surface area contributed by atoms with Gasteiger partial charge in [-0.05, 0) is 67.8 Å². The van der Waals surface area contributed by atoms with Crippen LogP contribution in [0.1, 0.15) is 36.7 Å². The highest BCUT2D eigenvalue weighted by molar-refractivity contribution is 7.99. The number of thioether (sulfide) groups is 1. The first-order chi connectivity index (χ1) is 20.9. The van der Waals surface area contributed by atoms with Crippen molar-refractivity contribution >= 4 is 35.2 Å². The molecule has 4 aromatic rings. The lowest BCUT2D eigenvalue weighted by molar-refractivity contribution is -0.143. The van der Waals surface area contributed by atoms with E-state index in [9.17, 15) is 9.59 Å². The normalized spacial score (nSPS) is 15.0. The molecule has 5 rings (SSSR count). The fraction of sp³-hybridized carbons (Fsp3) is 0.333. The van der Waals surface area contributed by atoms with Crippen LogP contribution in [0.3, 0.4) is 0 Å². The molecule has 1 aliphatic rings. The van der Waals surface area contributed by atoms with Crippen molar-refractivity contribution in [2.75, 3.05) is 32.0 Å². The third-order valence-electron chi connectivity index (χ3n) is 7.41. The number of carbonyl (C=O) groups excluding carboxylic acids is 2. The van der Waals surface area contributed by atoms with Gasteiger partial charge in [0, 0.05) is 55.0 Å². The minimum Gasteiger partial charge on any atom is -0.484 e. The molecule has 0 aliphatic carbocycles. The molecule has 1 aliphatic heterocycles. The Balaban J connectivity index is 1.11. The molecule has 224 valence electrons. The van der Waals surface area contributed by atoms with E-state index in [1.54, 1.807) is 40.9 Å². The highest BCUT2D eigenvalue weighted by Gasteiger charge is 2.29. The van der Waals surface area contributed by atoms with Gasteiger partial charge in [-0.15, -0.1) is 10.2 Å². The fourth-order valence-electron chi connectivity index (χ4n) is 5.17. The maximum atomic E-state index is 13.0. The molecule has 2 heterocycles. The van der Waals surface area contributed by atoms with Crippen LogP contribution in [0.2, 0.25) is 5.02 Å². The predicted molar refractivity (Wildman–Crippen MR) is 170 cm³/mol. The topological polar surface area (TPSA) is 80.6 Å². The number of amides is 2. The fourth-order valence-corrected chi connectivity index (χ4v) is 6.21. The number of ether oxygens (including phenoxy) is 1. The number of carbonyl (C=O) groups is 2. The Hall–Kier alpha value is -3.82. The van der Waals surface area contributed by atoms with Gasteiger partial charge in [0.15, 0.2) is 11.8 Å². The molecule has 1 atom stereocenters. The summed E-state index contributed by atoms with van der Waals surface area (Å²) in [5, 5.41) is 10.5. The summed E-state index contributed by atoms with van der Waals surface area (Å²) in [5.41, 5.74) is 3.38. The highest BCUT2D eigenvalue weighted by Crippen LogP contribution is 2.25. The van der Waals surface area contributed by atoms with Gasteiger partial charge in [-0.1, -0.05) is 65.8 Å². The molecule has 2 amide bonds. The largest absolute Gasteiger partial charge is 0.484 e. The zero-order valence-corrected chi connectivity index (χ0v) is 26.1. The van der Waals surface area contributed by atoms with Gasteiger partial charge in [-0.2, -0.15) is 0 Å². The Morgan fingerprint density at radius 1 is 0.977 bits per heavy atom. The average molecular weight is 618 g/mol. The summed E-state index contributed by atoms with van der Waals surface area (Å²) in [4.78, 5) is 29.5. The minimum absolute atomic E-state index is 0.0443. The number of hydrogen-bond acceptors (Lipinski definition) is 6. The minimum atomic E-state index is -0.0877. The molecular weight excluding hydrogens is 582 g/mol. The molecule has 10 heteroatoms. The summed E-state index contributed by atoms with van der Waals surface area (Å²) in [6.45, 7) is 5.54. The number of nitrogens with zero attached hydrogens (tertiary/aromatic N) is 5. The van der Waals surface area contributed by atoms with Gasteiger partial charge in [-0.25, -0.2) is 0 Å². The van der Waals surface area contributed by atoms with E-state index in [0.29, 0.717) is 43.2 Å². The van der Waals surface area contributed by atoms with Crippen LogP contribution in [0.25, 0.3) is 5.69 Å². The number of aromatic nitrogens is 3. The molecule has 0 N–H and O–H groups in total. The monoisotopic (exact) mass is 617 g/mol. The summed E-state index contributed by atoms with van der Waals surface area (Å²) in [6, 6.07) is 25.5. The van der Waals surface area contributed by atoms with E-state index < -0.39 is 0 Å². The maximum absolute atomic E-state index is 13.0. The SMILES string of the molecule is Cc1cccc(-n2c(Cc3ccccc3)nnc2SCCCC(=O)N2CCN(C(=O)COc3ccc(Cl)cc3)C(C)C2)c1. The maximum Gasteiger partial charge on any atom is 0.260 e. The van der Waals surface area contributed by atoms with Gasteiger partial charge >= 0.3 is 0 Å². The summed E-state index contributed by atoms with van der Waals surface area (Å²) in [5.74, 6) is 2.26. The highest BCUT2D eigenvalue weighted by atomic mass is 35.5. The third-order valence-corrected chi connectivity index (χ3v) is 8.68. The standard InChI is InChI=1S/C33H36ClN5O3S/c1-24-8-6-11-28(20-24)39-30(21-26-9-4-3-5-10-26)35-36-33(39)43-19-7-12-31(40)37-17-18-38(25(2)22-37)32(41)23-42-29-15-13-27(34)14-16-29/h3-6,8-11,13-16,20,25H,7,12,17-19,21-23H2,1-2H3. The second-order valence-corrected chi connectivity index (χ2v) is 12.2. The van der Waals surface area contributed by atoms with Crippen molar-refractivity contribution in [3.63, 3.8) is 0 Å². The second-order valence-electron chi connectivity index (χ2n) is 10.7. The number of aryl methyl sites for hydroxylation is 1. The van der Waals surface area contributed by atoms with Gasteiger partial charge in [0.2, 0.25) is 5.91 Å². The van der Waals surface area contributed by atoms with Crippen LogP contribution < -0.4 is 4.74 Å². The van der Waals surface area contributed by atoms with Gasteiger partial charge in [0.1, 0.15) is 11.6 Å². The van der Waals surface area contributed by atoms with Crippen molar-refractivity contribution in [2.24, 2.45) is 0 Å². The lowest BCUT2D eigenvalue weighted by Crippen LogP contribution is -2.56. The van der Waals surface area contributed by atoms with Gasteiger partial charge in [0.05, 0.1) is 0 Å². The number of benzene rings is 3. The van der Waals surface area contributed by atoms with E-state index in [-0.39, 0.29) is 24.5 Å². The molecular formula is C33H36ClN5O3S. The number of hydrogen-bond donors (Lipinski definition) is 0. The van der Waals surface area contributed by atoms with Crippen molar-refractivity contribution in [1.29, 1.82) is 0 Å². The molecule has 1 unspecified atom stereocenters. The Kier molecular flexibility index (Phi) is 10.4. The molecule has 0 radical (unpaired) electrons. The third kappa shape index (κ3) is 8.18. The van der Waals surface area contributed by atoms with E-state index in [0.717, 1.165) is 28.8 Å². The zero-order valence-electron chi connectivity index (χ0n) is 24.5. The van der Waals surface area contributed by atoms with Crippen molar-refractivity contribution in [3.05, 3.63) is 101 Å². The first kappa shape index (κ1) is 30.6. The first-order valence-corrected chi connectivity index (χ1v) is 15.9. The molecule has 1 aromatic heterocycles. The number of rotatable bonds is 11. The van der Waals surface area contributed by atoms with Crippen LogP contribution in [-0.2, 0) is 16.0 Å². The van der Waals surface area contributed by atoms with Gasteiger partial charge in [-0.3, -0.25) is 14.2 Å². The molecule has 0 spiro atoms. The predicted octanol–water partition coefficient (Wildman–Crippen LogP) is 5.83. The molecule has 8 nitrogen and oxygen atoms in total. The summed E-state index contributed by atoms with van der Waals surface area (Å²) < 4.78 is 7.76. The van der Waals surface area contributed by atoms with E-state index >= 15 is 0 Å². The van der Waals surface area contributed by atoms with Crippen molar-refractivity contribution in [3.8, 4) is 11.4 Å². The second kappa shape index (κ2) is 14.6. The summed E-state index contributed by atoms with van der Waals surface area (Å²) in [6.07, 6.45) is 1.85. The Labute approximate surface area is 262 Å². The van der Waals surface area contributed by atoms with E-state index in [4.69, 9.17) is 16.3 Å². The molecule has 0 bridgehead atoms. The summed E-state index contributed by atoms with van der Waals surface area (Å²) >= 11 is 7.53. The van der Waals surface area contributed by atoms with Crippen LogP contribution in [0.4, 0.5) is 0 Å². The Bertz CT molecular complexity index is 1530. The first-order valence-electron chi connectivity index (χ1n) is 14.5. The Morgan fingerprint density at radius 2 is 1.77 bits per heavy atom. The van der Waals surface area contributed by atoms with E-state index in [2.05, 4.69) is 52.0 Å². The van der Waals surface area contributed by atoms with Gasteiger partial charge < -0.3 is 14.5 Å². The number of piperazine rings is 1. The van der Waals surface area contributed by atoms with E-state index in [1.165, 1.54) is 11.1 Å². The molecule has 3 aromatic carbocycles. The zero-order chi connectivity index (χ0) is 30.2.